The third-order valence-corrected chi connectivity index (χ3v) is 4.05. The zero-order valence-corrected chi connectivity index (χ0v) is 17.7. The van der Waals surface area contributed by atoms with Crippen LogP contribution in [0.5, 0.6) is 0 Å². The zero-order chi connectivity index (χ0) is 24.0. The maximum atomic E-state index is 11.8. The molecule has 1 fully saturated rings. The summed E-state index contributed by atoms with van der Waals surface area (Å²) >= 11 is 0. The van der Waals surface area contributed by atoms with E-state index in [4.69, 9.17) is 23.7 Å². The van der Waals surface area contributed by atoms with Crippen molar-refractivity contribution in [3.8, 4) is 0 Å². The van der Waals surface area contributed by atoms with Crippen molar-refractivity contribution in [1.29, 1.82) is 0 Å². The number of hydrogen-bond donors (Lipinski definition) is 3. The van der Waals surface area contributed by atoms with E-state index in [1.165, 1.54) is 0 Å². The Hall–Kier alpha value is -3.68. The summed E-state index contributed by atoms with van der Waals surface area (Å²) in [7, 11) is 0. The van der Waals surface area contributed by atoms with Crippen molar-refractivity contribution < 1.29 is 42.9 Å². The molecule has 0 aliphatic carbocycles. The molecule has 2 heterocycles. The number of H-pyrrole nitrogens is 2. The van der Waals surface area contributed by atoms with Crippen LogP contribution in [0.3, 0.4) is 0 Å². The first kappa shape index (κ1) is 24.6. The topological polar surface area (TPSA) is 192 Å². The molecule has 14 heteroatoms. The predicted octanol–water partition coefficient (Wildman–Crippen LogP) is -1.44. The average molecular weight is 457 g/mol. The van der Waals surface area contributed by atoms with E-state index in [0.717, 1.165) is 33.8 Å². The molecule has 176 valence electrons. The Labute approximate surface area is 180 Å². The van der Waals surface area contributed by atoms with Crippen LogP contribution in [0, 0.1) is 0 Å². The molecule has 5 atom stereocenters. The summed E-state index contributed by atoms with van der Waals surface area (Å²) in [5.41, 5.74) is -1.56. The van der Waals surface area contributed by atoms with Gasteiger partial charge in [-0.1, -0.05) is 0 Å². The number of carbonyl (C=O) groups excluding carboxylic acids is 4. The number of aromatic amines is 2. The number of carbonyl (C=O) groups is 4. The van der Waals surface area contributed by atoms with E-state index in [-0.39, 0.29) is 5.82 Å². The quantitative estimate of drug-likeness (QED) is 0.319. The van der Waals surface area contributed by atoms with Crippen LogP contribution in [0.1, 0.15) is 27.7 Å². The first-order chi connectivity index (χ1) is 15.0. The van der Waals surface area contributed by atoms with Crippen molar-refractivity contribution in [1.82, 2.24) is 9.97 Å². The lowest BCUT2D eigenvalue weighted by Gasteiger charge is -2.44. The molecule has 1 saturated heterocycles. The highest BCUT2D eigenvalue weighted by Crippen LogP contribution is 2.29. The van der Waals surface area contributed by atoms with Crippen LogP contribution in [0.25, 0.3) is 0 Å². The first-order valence-corrected chi connectivity index (χ1v) is 9.37. The van der Waals surface area contributed by atoms with Gasteiger partial charge in [0.15, 0.2) is 24.5 Å². The Kier molecular flexibility index (Phi) is 8.12. The normalized spacial score (nSPS) is 24.7. The second kappa shape index (κ2) is 10.6. The molecule has 0 unspecified atom stereocenters. The molecule has 1 aromatic rings. The summed E-state index contributed by atoms with van der Waals surface area (Å²) in [4.78, 5) is 73.9. The fourth-order valence-electron chi connectivity index (χ4n) is 3.04. The van der Waals surface area contributed by atoms with Gasteiger partial charge in [0, 0.05) is 33.8 Å². The minimum atomic E-state index is -1.39. The number of nitrogens with one attached hydrogen (secondary N) is 3. The highest BCUT2D eigenvalue weighted by atomic mass is 16.7. The molecular weight excluding hydrogens is 434 g/mol. The van der Waals surface area contributed by atoms with Crippen LogP contribution < -0.4 is 16.6 Å². The van der Waals surface area contributed by atoms with Gasteiger partial charge >= 0.3 is 29.6 Å². The van der Waals surface area contributed by atoms with Crippen molar-refractivity contribution in [3.05, 3.63) is 26.9 Å². The lowest BCUT2D eigenvalue weighted by molar-refractivity contribution is -0.247. The second-order valence-electron chi connectivity index (χ2n) is 6.77. The fourth-order valence-corrected chi connectivity index (χ4v) is 3.04. The Bertz CT molecular complexity index is 957. The average Bonchev–Trinajstić information content (AvgIpc) is 2.63. The first-order valence-electron chi connectivity index (χ1n) is 9.37. The lowest BCUT2D eigenvalue weighted by Crippen LogP contribution is -2.64. The molecule has 0 spiro atoms. The fraction of sp³-hybridized carbons (Fsp3) is 0.556. The maximum absolute atomic E-state index is 11.8. The number of hydrogen-bond acceptors (Lipinski definition) is 12. The van der Waals surface area contributed by atoms with E-state index in [9.17, 15) is 28.8 Å². The lowest BCUT2D eigenvalue weighted by atomic mass is 9.97. The molecular formula is C18H23N3O11. The number of aromatic nitrogens is 2. The standard InChI is InChI=1S/C18H23N3O11/c1-7(22)28-6-11-14(29-8(2)23)15(30-9(3)24)16(31-10(4)25)17(32-11)19-12-5-13(26)21-18(27)20-12/h5,11,14-17H,6H2,1-4H3,(H3,19,20,21,26,27)/t11-,14-,15+,16-,17-/m1/s1. The molecule has 0 aromatic carbocycles. The molecule has 1 aromatic heterocycles. The van der Waals surface area contributed by atoms with Gasteiger partial charge in [0.25, 0.3) is 5.56 Å². The summed E-state index contributed by atoms with van der Waals surface area (Å²) < 4.78 is 26.5. The van der Waals surface area contributed by atoms with Crippen molar-refractivity contribution in [3.63, 3.8) is 0 Å². The molecule has 0 amide bonds. The van der Waals surface area contributed by atoms with E-state index >= 15 is 0 Å². The van der Waals surface area contributed by atoms with E-state index in [1.807, 2.05) is 4.98 Å². The monoisotopic (exact) mass is 457 g/mol. The molecule has 2 rings (SSSR count). The van der Waals surface area contributed by atoms with Gasteiger partial charge in [-0.15, -0.1) is 0 Å². The zero-order valence-electron chi connectivity index (χ0n) is 17.7. The molecule has 1 aliphatic rings. The van der Waals surface area contributed by atoms with Crippen molar-refractivity contribution in [2.45, 2.75) is 58.3 Å². The summed E-state index contributed by atoms with van der Waals surface area (Å²) in [5.74, 6) is -3.12. The third-order valence-electron chi connectivity index (χ3n) is 4.05. The van der Waals surface area contributed by atoms with Crippen LogP contribution in [0.15, 0.2) is 15.7 Å². The van der Waals surface area contributed by atoms with Crippen LogP contribution in [0.2, 0.25) is 0 Å². The van der Waals surface area contributed by atoms with Crippen molar-refractivity contribution >= 4 is 29.7 Å². The Morgan fingerprint density at radius 1 is 0.875 bits per heavy atom. The number of anilines is 1. The van der Waals surface area contributed by atoms with Gasteiger partial charge in [-0.25, -0.2) is 4.79 Å². The SMILES string of the molecule is CC(=O)OC[C@H]1O[C@@H](Nc2cc(=O)[nH]c(=O)[nH]2)[C@H](OC(C)=O)[C@@H](OC(C)=O)[C@@H]1OC(C)=O. The van der Waals surface area contributed by atoms with Gasteiger partial charge in [0.1, 0.15) is 18.5 Å². The summed E-state index contributed by atoms with van der Waals surface area (Å²) in [5, 5.41) is 2.67. The molecule has 32 heavy (non-hydrogen) atoms. The highest BCUT2D eigenvalue weighted by Gasteiger charge is 2.52. The van der Waals surface area contributed by atoms with E-state index in [2.05, 4.69) is 10.3 Å². The van der Waals surface area contributed by atoms with E-state index in [0.29, 0.717) is 0 Å². The molecule has 3 N–H and O–H groups in total. The van der Waals surface area contributed by atoms with E-state index < -0.39 is 72.4 Å². The molecule has 1 aliphatic heterocycles. The molecule has 14 nitrogen and oxygen atoms in total. The van der Waals surface area contributed by atoms with Gasteiger partial charge < -0.3 is 29.0 Å². The van der Waals surface area contributed by atoms with Crippen LogP contribution >= 0.6 is 0 Å². The van der Waals surface area contributed by atoms with Crippen molar-refractivity contribution in [2.75, 3.05) is 11.9 Å². The molecule has 0 bridgehead atoms. The van der Waals surface area contributed by atoms with Gasteiger partial charge in [-0.2, -0.15) is 0 Å². The smallest absolute Gasteiger partial charge is 0.327 e. The largest absolute Gasteiger partial charge is 0.463 e. The minimum absolute atomic E-state index is 0.111. The van der Waals surface area contributed by atoms with Crippen LogP contribution in [0.4, 0.5) is 5.82 Å². The maximum Gasteiger partial charge on any atom is 0.327 e. The van der Waals surface area contributed by atoms with Crippen LogP contribution in [-0.2, 0) is 42.9 Å². The molecule has 0 radical (unpaired) electrons. The third kappa shape index (κ3) is 6.94. The van der Waals surface area contributed by atoms with Gasteiger partial charge in [-0.3, -0.25) is 33.9 Å². The number of rotatable bonds is 7. The van der Waals surface area contributed by atoms with Crippen molar-refractivity contribution in [2.24, 2.45) is 0 Å². The number of ether oxygens (including phenoxy) is 5. The second-order valence-corrected chi connectivity index (χ2v) is 6.77. The van der Waals surface area contributed by atoms with E-state index in [1.54, 1.807) is 0 Å². The highest BCUT2D eigenvalue weighted by molar-refractivity contribution is 5.68. The Morgan fingerprint density at radius 2 is 1.44 bits per heavy atom. The summed E-state index contributed by atoms with van der Waals surface area (Å²) in [6.45, 7) is 4.00. The minimum Gasteiger partial charge on any atom is -0.463 e. The van der Waals surface area contributed by atoms with Gasteiger partial charge in [0.2, 0.25) is 0 Å². The Balaban J connectivity index is 2.49. The van der Waals surface area contributed by atoms with Gasteiger partial charge in [0.05, 0.1) is 0 Å². The number of esters is 4. The summed E-state index contributed by atoms with van der Waals surface area (Å²) in [6, 6.07) is 0.996. The molecule has 0 saturated carbocycles. The summed E-state index contributed by atoms with van der Waals surface area (Å²) in [6.07, 6.45) is -6.60. The Morgan fingerprint density at radius 3 is 1.97 bits per heavy atom. The van der Waals surface area contributed by atoms with Gasteiger partial charge in [-0.05, 0) is 0 Å². The predicted molar refractivity (Wildman–Crippen MR) is 103 cm³/mol. The van der Waals surface area contributed by atoms with Crippen LogP contribution in [-0.4, -0.2) is 71.1 Å².